The van der Waals surface area contributed by atoms with E-state index in [9.17, 15) is 9.59 Å². The lowest BCUT2D eigenvalue weighted by Gasteiger charge is -2.36. The number of aromatic amines is 1. The number of nitrogens with one attached hydrogen (secondary N) is 2. The summed E-state index contributed by atoms with van der Waals surface area (Å²) in [5, 5.41) is 8.28. The van der Waals surface area contributed by atoms with Crippen LogP contribution in [0.15, 0.2) is 79.3 Å². The Morgan fingerprint density at radius 2 is 1.79 bits per heavy atom. The molecule has 8 heteroatoms. The van der Waals surface area contributed by atoms with Gasteiger partial charge in [0.25, 0.3) is 5.91 Å². The SMILES string of the molecule is O=C(N[C@@H](C(=O)N1CCN(CCn2cccn2)CC1)c1ccccc1)c1ccc2cc[nH]c2c1. The van der Waals surface area contributed by atoms with E-state index in [2.05, 4.69) is 20.3 Å². The zero-order valence-corrected chi connectivity index (χ0v) is 18.9. The Hall–Kier alpha value is -3.91. The van der Waals surface area contributed by atoms with E-state index in [-0.39, 0.29) is 11.8 Å². The average Bonchev–Trinajstić information content (AvgIpc) is 3.58. The number of hydrogen-bond donors (Lipinski definition) is 2. The first-order chi connectivity index (χ1) is 16.7. The minimum atomic E-state index is -0.733. The molecule has 1 saturated heterocycles. The Morgan fingerprint density at radius 1 is 0.971 bits per heavy atom. The quantitative estimate of drug-likeness (QED) is 0.448. The molecule has 1 fully saturated rings. The highest BCUT2D eigenvalue weighted by Gasteiger charge is 2.30. The van der Waals surface area contributed by atoms with E-state index < -0.39 is 6.04 Å². The number of carbonyl (C=O) groups excluding carboxylic acids is 2. The lowest BCUT2D eigenvalue weighted by atomic mass is 10.0. The molecular weight excluding hydrogens is 428 g/mol. The molecule has 2 amide bonds. The molecule has 8 nitrogen and oxygen atoms in total. The van der Waals surface area contributed by atoms with E-state index in [0.29, 0.717) is 18.7 Å². The fraction of sp³-hybridized carbons (Fsp3) is 0.269. The Morgan fingerprint density at radius 3 is 2.56 bits per heavy atom. The van der Waals surface area contributed by atoms with Crippen molar-refractivity contribution in [3.63, 3.8) is 0 Å². The first-order valence-corrected chi connectivity index (χ1v) is 11.6. The maximum absolute atomic E-state index is 13.6. The van der Waals surface area contributed by atoms with E-state index >= 15 is 0 Å². The van der Waals surface area contributed by atoms with Gasteiger partial charge in [0.15, 0.2) is 0 Å². The lowest BCUT2D eigenvalue weighted by molar-refractivity contribution is -0.135. The molecular formula is C26H28N6O2. The van der Waals surface area contributed by atoms with Crippen LogP contribution < -0.4 is 5.32 Å². The van der Waals surface area contributed by atoms with E-state index in [1.165, 1.54) is 0 Å². The number of piperazine rings is 1. The van der Waals surface area contributed by atoms with Gasteiger partial charge < -0.3 is 15.2 Å². The summed E-state index contributed by atoms with van der Waals surface area (Å²) < 4.78 is 1.92. The van der Waals surface area contributed by atoms with Gasteiger partial charge in [0.2, 0.25) is 5.91 Å². The fourth-order valence-electron chi connectivity index (χ4n) is 4.39. The summed E-state index contributed by atoms with van der Waals surface area (Å²) in [6.07, 6.45) is 5.59. The predicted molar refractivity (Wildman–Crippen MR) is 130 cm³/mol. The fourth-order valence-corrected chi connectivity index (χ4v) is 4.39. The van der Waals surface area contributed by atoms with Crippen LogP contribution in [0.2, 0.25) is 0 Å². The molecule has 1 aliphatic rings. The van der Waals surface area contributed by atoms with Crippen molar-refractivity contribution in [2.24, 2.45) is 0 Å². The van der Waals surface area contributed by atoms with Crippen LogP contribution in [-0.2, 0) is 11.3 Å². The molecule has 5 rings (SSSR count). The molecule has 0 unspecified atom stereocenters. The smallest absolute Gasteiger partial charge is 0.252 e. The zero-order chi connectivity index (χ0) is 23.3. The topological polar surface area (TPSA) is 86.3 Å². The first-order valence-electron chi connectivity index (χ1n) is 11.6. The first kappa shape index (κ1) is 21.9. The summed E-state index contributed by atoms with van der Waals surface area (Å²) in [7, 11) is 0. The highest BCUT2D eigenvalue weighted by molar-refractivity contribution is 6.00. The molecule has 34 heavy (non-hydrogen) atoms. The number of carbonyl (C=O) groups is 2. The van der Waals surface area contributed by atoms with Crippen LogP contribution in [-0.4, -0.2) is 69.1 Å². The molecule has 2 N–H and O–H groups in total. The standard InChI is InChI=1S/C26H28N6O2/c33-25(22-8-7-20-9-11-27-23(20)19-22)29-24(21-5-2-1-3-6-21)26(34)31-16-13-30(14-17-31)15-18-32-12-4-10-28-32/h1-12,19,24,27H,13-18H2,(H,29,33)/t24-/m1/s1. The van der Waals surface area contributed by atoms with E-state index in [0.717, 1.165) is 42.6 Å². The van der Waals surface area contributed by atoms with E-state index in [4.69, 9.17) is 0 Å². The van der Waals surface area contributed by atoms with Crippen molar-refractivity contribution in [1.29, 1.82) is 0 Å². The Balaban J connectivity index is 1.26. The van der Waals surface area contributed by atoms with Gasteiger partial charge in [0.05, 0.1) is 6.54 Å². The molecule has 0 radical (unpaired) electrons. The molecule has 2 aromatic heterocycles. The van der Waals surface area contributed by atoms with Crippen molar-refractivity contribution in [3.05, 3.63) is 90.4 Å². The van der Waals surface area contributed by atoms with Crippen LogP contribution in [0.1, 0.15) is 22.0 Å². The number of aromatic nitrogens is 3. The van der Waals surface area contributed by atoms with E-state index in [1.54, 1.807) is 12.3 Å². The van der Waals surface area contributed by atoms with Gasteiger partial charge in [-0.2, -0.15) is 5.10 Å². The minimum absolute atomic E-state index is 0.0766. The van der Waals surface area contributed by atoms with Gasteiger partial charge in [-0.25, -0.2) is 0 Å². The van der Waals surface area contributed by atoms with Crippen molar-refractivity contribution in [2.75, 3.05) is 32.7 Å². The maximum Gasteiger partial charge on any atom is 0.252 e. The third-order valence-electron chi connectivity index (χ3n) is 6.36. The molecule has 1 atom stereocenters. The van der Waals surface area contributed by atoms with Crippen LogP contribution in [0.25, 0.3) is 10.9 Å². The second-order valence-electron chi connectivity index (χ2n) is 8.53. The number of H-pyrrole nitrogens is 1. The molecule has 4 aromatic rings. The minimum Gasteiger partial charge on any atom is -0.361 e. The molecule has 1 aliphatic heterocycles. The monoisotopic (exact) mass is 456 g/mol. The van der Waals surface area contributed by atoms with Crippen LogP contribution in [0, 0.1) is 0 Å². The van der Waals surface area contributed by atoms with Crippen molar-refractivity contribution >= 4 is 22.7 Å². The van der Waals surface area contributed by atoms with Crippen LogP contribution in [0.4, 0.5) is 0 Å². The van der Waals surface area contributed by atoms with Crippen molar-refractivity contribution < 1.29 is 9.59 Å². The molecule has 174 valence electrons. The third kappa shape index (κ3) is 4.87. The number of amides is 2. The van der Waals surface area contributed by atoms with Crippen molar-refractivity contribution in [2.45, 2.75) is 12.6 Å². The predicted octanol–water partition coefficient (Wildman–Crippen LogP) is 2.68. The molecule has 3 heterocycles. The number of benzene rings is 2. The Bertz CT molecular complexity index is 1240. The summed E-state index contributed by atoms with van der Waals surface area (Å²) in [5.74, 6) is -0.344. The second kappa shape index (κ2) is 9.93. The van der Waals surface area contributed by atoms with Gasteiger partial charge in [0, 0.05) is 62.4 Å². The Labute approximate surface area is 198 Å². The summed E-state index contributed by atoms with van der Waals surface area (Å²) >= 11 is 0. The molecule has 2 aromatic carbocycles. The molecule has 0 bridgehead atoms. The van der Waals surface area contributed by atoms with Crippen molar-refractivity contribution in [3.8, 4) is 0 Å². The molecule has 0 spiro atoms. The highest BCUT2D eigenvalue weighted by Crippen LogP contribution is 2.20. The normalized spacial score (nSPS) is 15.4. The van der Waals surface area contributed by atoms with Crippen LogP contribution in [0.3, 0.4) is 0 Å². The number of hydrogen-bond acceptors (Lipinski definition) is 4. The summed E-state index contributed by atoms with van der Waals surface area (Å²) in [4.78, 5) is 34.0. The summed E-state index contributed by atoms with van der Waals surface area (Å²) in [5.41, 5.74) is 2.19. The van der Waals surface area contributed by atoms with E-state index in [1.807, 2.05) is 76.6 Å². The molecule has 0 aliphatic carbocycles. The second-order valence-corrected chi connectivity index (χ2v) is 8.53. The van der Waals surface area contributed by atoms with Crippen LogP contribution in [0.5, 0.6) is 0 Å². The highest BCUT2D eigenvalue weighted by atomic mass is 16.2. The van der Waals surface area contributed by atoms with Gasteiger partial charge in [-0.05, 0) is 35.2 Å². The van der Waals surface area contributed by atoms with Gasteiger partial charge >= 0.3 is 0 Å². The third-order valence-corrected chi connectivity index (χ3v) is 6.36. The lowest BCUT2D eigenvalue weighted by Crippen LogP contribution is -2.52. The van der Waals surface area contributed by atoms with Gasteiger partial charge in [0.1, 0.15) is 6.04 Å². The largest absolute Gasteiger partial charge is 0.361 e. The van der Waals surface area contributed by atoms with Crippen molar-refractivity contribution in [1.82, 2.24) is 29.9 Å². The number of rotatable bonds is 7. The average molecular weight is 457 g/mol. The maximum atomic E-state index is 13.6. The van der Waals surface area contributed by atoms with Gasteiger partial charge in [-0.1, -0.05) is 36.4 Å². The summed E-state index contributed by atoms with van der Waals surface area (Å²) in [6.45, 7) is 4.58. The molecule has 0 saturated carbocycles. The Kier molecular flexibility index (Phi) is 6.40. The number of fused-ring (bicyclic) bond motifs is 1. The van der Waals surface area contributed by atoms with Crippen LogP contribution >= 0.6 is 0 Å². The van der Waals surface area contributed by atoms with Gasteiger partial charge in [-0.3, -0.25) is 19.2 Å². The summed E-state index contributed by atoms with van der Waals surface area (Å²) in [6, 6.07) is 18.1. The van der Waals surface area contributed by atoms with Gasteiger partial charge in [-0.15, -0.1) is 0 Å². The zero-order valence-electron chi connectivity index (χ0n) is 18.9. The number of nitrogens with zero attached hydrogens (tertiary/aromatic N) is 4.